The van der Waals surface area contributed by atoms with Gasteiger partial charge in [-0.15, -0.1) is 0 Å². The van der Waals surface area contributed by atoms with Gasteiger partial charge in [-0.25, -0.2) is 0 Å². The Balaban J connectivity index is 1.89. The van der Waals surface area contributed by atoms with Gasteiger partial charge in [0.05, 0.1) is 6.04 Å². The molecule has 2 unspecified atom stereocenters. The lowest BCUT2D eigenvalue weighted by Gasteiger charge is -2.23. The number of unbranched alkanes of at least 4 members (excludes halogenated alkanes) is 2. The van der Waals surface area contributed by atoms with Crippen molar-refractivity contribution in [3.05, 3.63) is 22.4 Å². The monoisotopic (exact) mass is 282 g/mol. The third-order valence-electron chi connectivity index (χ3n) is 3.48. The van der Waals surface area contributed by atoms with Gasteiger partial charge in [0.25, 0.3) is 0 Å². The van der Waals surface area contributed by atoms with E-state index < -0.39 is 0 Å². The molecule has 0 bridgehead atoms. The second-order valence-electron chi connectivity index (χ2n) is 4.93. The first-order chi connectivity index (χ1) is 9.24. The molecule has 1 N–H and O–H groups in total. The van der Waals surface area contributed by atoms with Crippen molar-refractivity contribution >= 4 is 17.2 Å². The van der Waals surface area contributed by atoms with Gasteiger partial charge in [-0.2, -0.15) is 11.3 Å². The van der Waals surface area contributed by atoms with Gasteiger partial charge in [0.2, 0.25) is 5.91 Å². The molecule has 2 rings (SSSR count). The molecule has 19 heavy (non-hydrogen) atoms. The fraction of sp³-hybridized carbons (Fsp3) is 0.643. The lowest BCUT2D eigenvalue weighted by Crippen LogP contribution is -2.31. The molecular formula is C14H22N2O2S. The Labute approximate surface area is 118 Å². The Kier molecular flexibility index (Phi) is 5.36. The van der Waals surface area contributed by atoms with E-state index in [4.69, 9.17) is 4.74 Å². The van der Waals surface area contributed by atoms with Crippen LogP contribution in [-0.4, -0.2) is 37.1 Å². The van der Waals surface area contributed by atoms with Crippen LogP contribution >= 0.6 is 11.3 Å². The summed E-state index contributed by atoms with van der Waals surface area (Å²) in [5.74, 6) is 0.211. The van der Waals surface area contributed by atoms with E-state index in [-0.39, 0.29) is 18.1 Å². The molecule has 1 fully saturated rings. The zero-order valence-corrected chi connectivity index (χ0v) is 12.4. The molecule has 5 heteroatoms. The zero-order valence-electron chi connectivity index (χ0n) is 11.6. The summed E-state index contributed by atoms with van der Waals surface area (Å²) in [5.41, 5.74) is 1.19. The third-order valence-corrected chi connectivity index (χ3v) is 4.18. The number of carbonyl (C=O) groups is 1. The summed E-state index contributed by atoms with van der Waals surface area (Å²) in [6.07, 6.45) is 3.24. The molecule has 0 saturated carbocycles. The van der Waals surface area contributed by atoms with E-state index in [1.807, 2.05) is 11.8 Å². The number of hydrogen-bond acceptors (Lipinski definition) is 4. The van der Waals surface area contributed by atoms with E-state index in [0.29, 0.717) is 0 Å². The number of methoxy groups -OCH3 is 1. The largest absolute Gasteiger partial charge is 0.385 e. The van der Waals surface area contributed by atoms with Crippen molar-refractivity contribution in [3.8, 4) is 0 Å². The van der Waals surface area contributed by atoms with Gasteiger partial charge >= 0.3 is 0 Å². The summed E-state index contributed by atoms with van der Waals surface area (Å²) in [4.78, 5) is 14.1. The van der Waals surface area contributed by atoms with Gasteiger partial charge in [-0.3, -0.25) is 10.1 Å². The third kappa shape index (κ3) is 3.55. The van der Waals surface area contributed by atoms with Crippen molar-refractivity contribution in [1.82, 2.24) is 10.2 Å². The maximum absolute atomic E-state index is 12.2. The number of nitrogens with one attached hydrogen (secondary N) is 1. The van der Waals surface area contributed by atoms with Crippen LogP contribution in [0.1, 0.15) is 37.9 Å². The smallest absolute Gasteiger partial charge is 0.241 e. The molecule has 2 atom stereocenters. The Morgan fingerprint density at radius 2 is 2.26 bits per heavy atom. The summed E-state index contributed by atoms with van der Waals surface area (Å²) < 4.78 is 5.04. The zero-order chi connectivity index (χ0) is 13.7. The van der Waals surface area contributed by atoms with E-state index in [0.717, 1.165) is 32.4 Å². The molecule has 1 saturated heterocycles. The van der Waals surface area contributed by atoms with E-state index in [9.17, 15) is 4.79 Å². The van der Waals surface area contributed by atoms with E-state index in [2.05, 4.69) is 22.1 Å². The van der Waals surface area contributed by atoms with Crippen LogP contribution in [0.5, 0.6) is 0 Å². The minimum atomic E-state index is -0.0797. The predicted molar refractivity (Wildman–Crippen MR) is 77.1 cm³/mol. The van der Waals surface area contributed by atoms with Crippen molar-refractivity contribution in [2.45, 2.75) is 38.4 Å². The molecule has 0 spiro atoms. The van der Waals surface area contributed by atoms with Gasteiger partial charge in [-0.05, 0) is 48.6 Å². The van der Waals surface area contributed by atoms with Crippen LogP contribution in [0.3, 0.4) is 0 Å². The summed E-state index contributed by atoms with van der Waals surface area (Å²) in [5, 5.41) is 7.54. The number of hydrogen-bond donors (Lipinski definition) is 1. The molecule has 4 nitrogen and oxygen atoms in total. The van der Waals surface area contributed by atoms with Gasteiger partial charge in [0.15, 0.2) is 0 Å². The summed E-state index contributed by atoms with van der Waals surface area (Å²) in [6, 6.07) is 2.01. The van der Waals surface area contributed by atoms with Crippen molar-refractivity contribution in [2.75, 3.05) is 20.3 Å². The minimum absolute atomic E-state index is 0.0520. The Morgan fingerprint density at radius 1 is 1.42 bits per heavy atom. The fourth-order valence-electron chi connectivity index (χ4n) is 2.43. The number of nitrogens with zero attached hydrogens (tertiary/aromatic N) is 1. The molecule has 1 aromatic rings. The van der Waals surface area contributed by atoms with Crippen LogP contribution < -0.4 is 5.32 Å². The maximum Gasteiger partial charge on any atom is 0.241 e. The predicted octanol–water partition coefficient (Wildman–Crippen LogP) is 2.38. The first kappa shape index (κ1) is 14.5. The lowest BCUT2D eigenvalue weighted by molar-refractivity contribution is -0.129. The first-order valence-corrected chi connectivity index (χ1v) is 7.76. The molecule has 106 valence electrons. The van der Waals surface area contributed by atoms with Crippen molar-refractivity contribution in [3.63, 3.8) is 0 Å². The molecular weight excluding hydrogens is 260 g/mol. The molecule has 1 aliphatic rings. The number of thiophene rings is 1. The summed E-state index contributed by atoms with van der Waals surface area (Å²) in [7, 11) is 1.72. The molecule has 0 radical (unpaired) electrons. The van der Waals surface area contributed by atoms with E-state index in [1.165, 1.54) is 5.56 Å². The minimum Gasteiger partial charge on any atom is -0.385 e. The van der Waals surface area contributed by atoms with Crippen LogP contribution in [0.15, 0.2) is 16.8 Å². The average molecular weight is 282 g/mol. The Morgan fingerprint density at radius 3 is 2.95 bits per heavy atom. The highest BCUT2D eigenvalue weighted by atomic mass is 32.1. The molecule has 0 aliphatic carbocycles. The van der Waals surface area contributed by atoms with Crippen molar-refractivity contribution in [1.29, 1.82) is 0 Å². The number of rotatable bonds is 7. The lowest BCUT2D eigenvalue weighted by atomic mass is 10.2. The highest BCUT2D eigenvalue weighted by Crippen LogP contribution is 2.27. The Hall–Kier alpha value is -0.910. The fourth-order valence-corrected chi connectivity index (χ4v) is 3.10. The molecule has 0 aromatic carbocycles. The molecule has 1 aliphatic heterocycles. The molecule has 1 amide bonds. The number of carbonyl (C=O) groups excluding carboxylic acids is 1. The maximum atomic E-state index is 12.2. The van der Waals surface area contributed by atoms with Crippen LogP contribution in [0.25, 0.3) is 0 Å². The summed E-state index contributed by atoms with van der Waals surface area (Å²) >= 11 is 1.67. The quantitative estimate of drug-likeness (QED) is 0.781. The normalized spacial score (nSPS) is 23.3. The standard InChI is InChI=1S/C14H22N2O2S/c1-11-14(17)16(7-4-3-5-8-18-2)13(15-11)12-6-9-19-10-12/h6,9-11,13,15H,3-5,7-8H2,1-2H3. The average Bonchev–Trinajstić information content (AvgIpc) is 3.01. The van der Waals surface area contributed by atoms with Crippen molar-refractivity contribution in [2.24, 2.45) is 0 Å². The highest BCUT2D eigenvalue weighted by molar-refractivity contribution is 7.07. The van der Waals surface area contributed by atoms with Gasteiger partial charge in [-0.1, -0.05) is 0 Å². The topological polar surface area (TPSA) is 41.6 Å². The van der Waals surface area contributed by atoms with Crippen LogP contribution in [0, 0.1) is 0 Å². The second-order valence-corrected chi connectivity index (χ2v) is 5.71. The van der Waals surface area contributed by atoms with E-state index in [1.54, 1.807) is 18.4 Å². The van der Waals surface area contributed by atoms with Crippen LogP contribution in [-0.2, 0) is 9.53 Å². The molecule has 1 aromatic heterocycles. The second kappa shape index (κ2) is 7.03. The SMILES string of the molecule is COCCCCCN1C(=O)C(C)NC1c1ccsc1. The number of amides is 1. The summed E-state index contributed by atoms with van der Waals surface area (Å²) in [6.45, 7) is 3.56. The van der Waals surface area contributed by atoms with Crippen LogP contribution in [0.4, 0.5) is 0 Å². The number of ether oxygens (including phenoxy) is 1. The Bertz CT molecular complexity index is 394. The van der Waals surface area contributed by atoms with Crippen LogP contribution in [0.2, 0.25) is 0 Å². The highest BCUT2D eigenvalue weighted by Gasteiger charge is 2.36. The molecule has 2 heterocycles. The van der Waals surface area contributed by atoms with Gasteiger partial charge < -0.3 is 9.64 Å². The first-order valence-electron chi connectivity index (χ1n) is 6.81. The van der Waals surface area contributed by atoms with Crippen molar-refractivity contribution < 1.29 is 9.53 Å². The van der Waals surface area contributed by atoms with Gasteiger partial charge in [0.1, 0.15) is 6.17 Å². The van der Waals surface area contributed by atoms with Gasteiger partial charge in [0, 0.05) is 20.3 Å². The van der Waals surface area contributed by atoms with E-state index >= 15 is 0 Å².